The lowest BCUT2D eigenvalue weighted by molar-refractivity contribution is 0.156. The Balaban J connectivity index is 1.45. The normalized spacial score (nSPS) is 29.3. The highest BCUT2D eigenvalue weighted by Gasteiger charge is 2.31. The summed E-state index contributed by atoms with van der Waals surface area (Å²) in [6, 6.07) is 9.40. The van der Waals surface area contributed by atoms with Gasteiger partial charge in [0.25, 0.3) is 0 Å². The van der Waals surface area contributed by atoms with E-state index in [0.717, 1.165) is 23.7 Å². The zero-order valence-corrected chi connectivity index (χ0v) is 17.5. The molecule has 3 rings (SSSR count). The van der Waals surface area contributed by atoms with Crippen LogP contribution in [0.4, 0.5) is 0 Å². The maximum absolute atomic E-state index is 2.39. The molecule has 0 bridgehead atoms. The number of hydrogen-bond acceptors (Lipinski definition) is 0. The minimum Gasteiger partial charge on any atom is -0.0758 e. The third-order valence-electron chi connectivity index (χ3n) is 7.16. The molecule has 0 heterocycles. The van der Waals surface area contributed by atoms with Crippen molar-refractivity contribution in [1.29, 1.82) is 0 Å². The minimum absolute atomic E-state index is 0.813. The van der Waals surface area contributed by atoms with E-state index in [-0.39, 0.29) is 0 Å². The van der Waals surface area contributed by atoms with Gasteiger partial charge in [-0.05, 0) is 87.2 Å². The van der Waals surface area contributed by atoms with Crippen LogP contribution in [0, 0.1) is 17.8 Å². The molecule has 0 nitrogen and oxygen atoms in total. The van der Waals surface area contributed by atoms with Gasteiger partial charge in [0.1, 0.15) is 0 Å². The van der Waals surface area contributed by atoms with Crippen LogP contribution >= 0.6 is 0 Å². The van der Waals surface area contributed by atoms with Crippen molar-refractivity contribution in [3.63, 3.8) is 0 Å². The van der Waals surface area contributed by atoms with Gasteiger partial charge in [-0.2, -0.15) is 0 Å². The second-order valence-corrected chi connectivity index (χ2v) is 9.42. The molecule has 0 radical (unpaired) electrons. The second-order valence-electron chi connectivity index (χ2n) is 9.42. The van der Waals surface area contributed by atoms with Gasteiger partial charge in [0.05, 0.1) is 0 Å². The Morgan fingerprint density at radius 3 is 1.96 bits per heavy atom. The van der Waals surface area contributed by atoms with Gasteiger partial charge >= 0.3 is 0 Å². The summed E-state index contributed by atoms with van der Waals surface area (Å²) in [5.74, 6) is 3.95. The van der Waals surface area contributed by atoms with Crippen LogP contribution in [0.15, 0.2) is 29.8 Å². The highest BCUT2D eigenvalue weighted by molar-refractivity contribution is 5.52. The summed E-state index contributed by atoms with van der Waals surface area (Å²) in [7, 11) is 0. The van der Waals surface area contributed by atoms with Gasteiger partial charge in [0, 0.05) is 0 Å². The number of rotatable bonds is 6. The molecule has 26 heavy (non-hydrogen) atoms. The lowest BCUT2D eigenvalue weighted by Gasteiger charge is -2.38. The lowest BCUT2D eigenvalue weighted by Crippen LogP contribution is -2.25. The van der Waals surface area contributed by atoms with E-state index in [1.54, 1.807) is 5.56 Å². The van der Waals surface area contributed by atoms with E-state index in [0.29, 0.717) is 0 Å². The van der Waals surface area contributed by atoms with E-state index in [9.17, 15) is 0 Å². The Morgan fingerprint density at radius 1 is 0.846 bits per heavy atom. The molecule has 2 saturated carbocycles. The van der Waals surface area contributed by atoms with Crippen LogP contribution in [0.1, 0.15) is 108 Å². The van der Waals surface area contributed by atoms with E-state index in [4.69, 9.17) is 0 Å². The quantitative estimate of drug-likeness (QED) is 0.482. The van der Waals surface area contributed by atoms with Crippen molar-refractivity contribution >= 4 is 6.08 Å². The first kappa shape index (κ1) is 19.7. The van der Waals surface area contributed by atoms with E-state index < -0.39 is 0 Å². The molecule has 2 aliphatic rings. The van der Waals surface area contributed by atoms with Gasteiger partial charge in [-0.1, -0.05) is 74.9 Å². The SMILES string of the molecule is CCCCC1CCC(C2CCC(c3ccc(C=C(C)C)cc3)CC2)CC1. The molecule has 0 unspecified atom stereocenters. The monoisotopic (exact) mass is 352 g/mol. The standard InChI is InChI=1S/C26H40/c1-4-5-6-21-7-11-23(12-8-21)25-15-17-26(18-16-25)24-13-9-22(10-14-24)19-20(2)3/h9-10,13-14,19,21,23,25-26H,4-8,11-12,15-18H2,1-3H3. The Labute approximate surface area is 162 Å². The van der Waals surface area contributed by atoms with Gasteiger partial charge in [0.15, 0.2) is 0 Å². The second kappa shape index (κ2) is 9.77. The smallest absolute Gasteiger partial charge is 0.0162 e. The summed E-state index contributed by atoms with van der Waals surface area (Å²) in [5.41, 5.74) is 4.31. The summed E-state index contributed by atoms with van der Waals surface area (Å²) in [5, 5.41) is 0. The summed E-state index contributed by atoms with van der Waals surface area (Å²) in [6.45, 7) is 6.68. The van der Waals surface area contributed by atoms with Crippen molar-refractivity contribution in [1.82, 2.24) is 0 Å². The third kappa shape index (κ3) is 5.48. The predicted octanol–water partition coefficient (Wildman–Crippen LogP) is 8.38. The average Bonchev–Trinajstić information content (AvgIpc) is 2.67. The molecule has 2 fully saturated rings. The Kier molecular flexibility index (Phi) is 7.41. The third-order valence-corrected chi connectivity index (χ3v) is 7.16. The first-order chi connectivity index (χ1) is 12.7. The van der Waals surface area contributed by atoms with Gasteiger partial charge in [-0.15, -0.1) is 0 Å². The van der Waals surface area contributed by atoms with Gasteiger partial charge < -0.3 is 0 Å². The molecule has 0 heteroatoms. The Hall–Kier alpha value is -1.04. The highest BCUT2D eigenvalue weighted by Crippen LogP contribution is 2.44. The van der Waals surface area contributed by atoms with Crippen LogP contribution in [-0.2, 0) is 0 Å². The maximum atomic E-state index is 2.39. The summed E-state index contributed by atoms with van der Waals surface area (Å²) in [4.78, 5) is 0. The van der Waals surface area contributed by atoms with Gasteiger partial charge in [-0.3, -0.25) is 0 Å². The number of hydrogen-bond donors (Lipinski definition) is 0. The molecule has 2 aliphatic carbocycles. The summed E-state index contributed by atoms with van der Waals surface area (Å²) >= 11 is 0. The molecule has 1 aromatic rings. The van der Waals surface area contributed by atoms with Crippen molar-refractivity contribution in [2.45, 2.75) is 97.3 Å². The van der Waals surface area contributed by atoms with E-state index in [1.165, 1.54) is 81.8 Å². The fraction of sp³-hybridized carbons (Fsp3) is 0.692. The molecule has 0 saturated heterocycles. The highest BCUT2D eigenvalue weighted by atomic mass is 14.4. The van der Waals surface area contributed by atoms with Crippen LogP contribution in [0.5, 0.6) is 0 Å². The largest absolute Gasteiger partial charge is 0.0758 e. The zero-order valence-electron chi connectivity index (χ0n) is 17.5. The molecule has 1 aromatic carbocycles. The zero-order chi connectivity index (χ0) is 18.4. The summed E-state index contributed by atoms with van der Waals surface area (Å²) < 4.78 is 0. The fourth-order valence-corrected chi connectivity index (χ4v) is 5.56. The molecule has 0 N–H and O–H groups in total. The van der Waals surface area contributed by atoms with Crippen molar-refractivity contribution in [3.8, 4) is 0 Å². The van der Waals surface area contributed by atoms with Crippen LogP contribution in [0.25, 0.3) is 6.08 Å². The fourth-order valence-electron chi connectivity index (χ4n) is 5.56. The summed E-state index contributed by atoms with van der Waals surface area (Å²) in [6.07, 6.45) is 18.5. The van der Waals surface area contributed by atoms with Crippen molar-refractivity contribution < 1.29 is 0 Å². The molecular formula is C26H40. The lowest BCUT2D eigenvalue weighted by atomic mass is 9.68. The van der Waals surface area contributed by atoms with Gasteiger partial charge in [0.2, 0.25) is 0 Å². The van der Waals surface area contributed by atoms with Crippen molar-refractivity contribution in [3.05, 3.63) is 41.0 Å². The van der Waals surface area contributed by atoms with Crippen molar-refractivity contribution in [2.75, 3.05) is 0 Å². The van der Waals surface area contributed by atoms with Crippen LogP contribution in [0.3, 0.4) is 0 Å². The molecule has 0 spiro atoms. The van der Waals surface area contributed by atoms with Crippen molar-refractivity contribution in [2.24, 2.45) is 17.8 Å². The molecule has 0 aromatic heterocycles. The number of unbranched alkanes of at least 4 members (excludes halogenated alkanes) is 1. The first-order valence-corrected chi connectivity index (χ1v) is 11.4. The van der Waals surface area contributed by atoms with E-state index in [1.807, 2.05) is 0 Å². The van der Waals surface area contributed by atoms with Crippen LogP contribution < -0.4 is 0 Å². The van der Waals surface area contributed by atoms with Crippen LogP contribution in [0.2, 0.25) is 0 Å². The number of benzene rings is 1. The Bertz CT molecular complexity index is 544. The molecule has 144 valence electrons. The molecular weight excluding hydrogens is 312 g/mol. The van der Waals surface area contributed by atoms with Gasteiger partial charge in [-0.25, -0.2) is 0 Å². The topological polar surface area (TPSA) is 0 Å². The Morgan fingerprint density at radius 2 is 1.42 bits per heavy atom. The van der Waals surface area contributed by atoms with Crippen LogP contribution in [-0.4, -0.2) is 0 Å². The van der Waals surface area contributed by atoms with E-state index >= 15 is 0 Å². The van der Waals surface area contributed by atoms with E-state index in [2.05, 4.69) is 51.1 Å². The molecule has 0 aliphatic heterocycles. The number of allylic oxidation sites excluding steroid dienone is 1. The maximum Gasteiger partial charge on any atom is -0.0162 e. The molecule has 0 amide bonds. The predicted molar refractivity (Wildman–Crippen MR) is 115 cm³/mol. The minimum atomic E-state index is 0.813. The molecule has 0 atom stereocenters. The first-order valence-electron chi connectivity index (χ1n) is 11.4. The average molecular weight is 353 g/mol.